The second-order valence-electron chi connectivity index (χ2n) is 6.18. The molecule has 1 aliphatic heterocycles. The van der Waals surface area contributed by atoms with E-state index in [2.05, 4.69) is 48.5 Å². The van der Waals surface area contributed by atoms with E-state index >= 15 is 0 Å². The lowest BCUT2D eigenvalue weighted by atomic mass is 9.76. The highest BCUT2D eigenvalue weighted by molar-refractivity contribution is 5.44. The maximum Gasteiger partial charge on any atom is 0.130 e. The van der Waals surface area contributed by atoms with Gasteiger partial charge in [-0.05, 0) is 54.4 Å². The Morgan fingerprint density at radius 3 is 2.60 bits per heavy atom. The van der Waals surface area contributed by atoms with Gasteiger partial charge in [0.15, 0.2) is 0 Å². The molecule has 2 atom stereocenters. The number of fused-ring (bicyclic) bond motifs is 5. The monoisotopic (exact) mass is 264 g/mol. The molecular weight excluding hydrogens is 244 g/mol. The van der Waals surface area contributed by atoms with Crippen LogP contribution in [-0.2, 0) is 6.42 Å². The number of hydrogen-bond donors (Lipinski definition) is 0. The maximum atomic E-state index is 6.27. The minimum Gasteiger partial charge on any atom is -0.457 e. The lowest BCUT2D eigenvalue weighted by Gasteiger charge is -2.29. The van der Waals surface area contributed by atoms with Crippen LogP contribution in [0.15, 0.2) is 48.5 Å². The van der Waals surface area contributed by atoms with Gasteiger partial charge in [0, 0.05) is 0 Å². The first-order valence-electron chi connectivity index (χ1n) is 7.75. The zero-order chi connectivity index (χ0) is 13.4. The van der Waals surface area contributed by atoms with Crippen LogP contribution in [0, 0.1) is 5.92 Å². The zero-order valence-electron chi connectivity index (χ0n) is 11.7. The third-order valence-electron chi connectivity index (χ3n) is 4.84. The van der Waals surface area contributed by atoms with E-state index < -0.39 is 0 Å². The van der Waals surface area contributed by atoms with Crippen molar-refractivity contribution in [1.29, 1.82) is 0 Å². The van der Waals surface area contributed by atoms with E-state index in [1.807, 2.05) is 0 Å². The highest BCUT2D eigenvalue weighted by Crippen LogP contribution is 2.44. The Balaban J connectivity index is 1.85. The van der Waals surface area contributed by atoms with Gasteiger partial charge in [0.05, 0.1) is 0 Å². The second-order valence-corrected chi connectivity index (χ2v) is 6.18. The van der Waals surface area contributed by atoms with Gasteiger partial charge in [-0.25, -0.2) is 0 Å². The first kappa shape index (κ1) is 12.0. The smallest absolute Gasteiger partial charge is 0.130 e. The van der Waals surface area contributed by atoms with Crippen LogP contribution in [-0.4, -0.2) is 0 Å². The highest BCUT2D eigenvalue weighted by Gasteiger charge is 2.27. The van der Waals surface area contributed by atoms with Crippen LogP contribution >= 0.6 is 0 Å². The van der Waals surface area contributed by atoms with Crippen LogP contribution in [0.4, 0.5) is 0 Å². The maximum absolute atomic E-state index is 6.27. The summed E-state index contributed by atoms with van der Waals surface area (Å²) < 4.78 is 6.27. The largest absolute Gasteiger partial charge is 0.457 e. The molecule has 0 N–H and O–H groups in total. The van der Waals surface area contributed by atoms with Crippen molar-refractivity contribution in [2.24, 2.45) is 5.92 Å². The van der Waals surface area contributed by atoms with E-state index in [1.54, 1.807) is 0 Å². The molecule has 1 saturated carbocycles. The van der Waals surface area contributed by atoms with Crippen molar-refractivity contribution in [3.8, 4) is 11.5 Å². The summed E-state index contributed by atoms with van der Waals surface area (Å²) in [4.78, 5) is 0. The molecule has 102 valence electrons. The minimum absolute atomic E-state index is 0.680. The van der Waals surface area contributed by atoms with E-state index in [0.29, 0.717) is 5.92 Å². The first-order valence-corrected chi connectivity index (χ1v) is 7.75. The molecule has 4 rings (SSSR count). The Bertz CT molecular complexity index is 617. The predicted octanol–water partition coefficient (Wildman–Crippen LogP) is 5.31. The van der Waals surface area contributed by atoms with Crippen molar-refractivity contribution in [3.63, 3.8) is 0 Å². The van der Waals surface area contributed by atoms with Crippen molar-refractivity contribution in [2.75, 3.05) is 0 Å². The summed E-state index contributed by atoms with van der Waals surface area (Å²) in [7, 11) is 0. The summed E-state index contributed by atoms with van der Waals surface area (Å²) in [6.45, 7) is 0. The van der Waals surface area contributed by atoms with Gasteiger partial charge in [-0.2, -0.15) is 0 Å². The van der Waals surface area contributed by atoms with E-state index in [1.165, 1.54) is 43.2 Å². The van der Waals surface area contributed by atoms with Crippen molar-refractivity contribution < 1.29 is 4.74 Å². The van der Waals surface area contributed by atoms with Crippen LogP contribution in [0.2, 0.25) is 0 Å². The normalized spacial score (nSPS) is 24.4. The molecule has 0 spiro atoms. The van der Waals surface area contributed by atoms with Gasteiger partial charge in [-0.3, -0.25) is 0 Å². The van der Waals surface area contributed by atoms with Gasteiger partial charge in [0.25, 0.3) is 0 Å². The van der Waals surface area contributed by atoms with Crippen molar-refractivity contribution in [1.82, 2.24) is 0 Å². The molecule has 0 aromatic heterocycles. The highest BCUT2D eigenvalue weighted by atomic mass is 16.5. The molecule has 1 heteroatoms. The number of para-hydroxylation sites is 2. The van der Waals surface area contributed by atoms with Crippen molar-refractivity contribution in [2.45, 2.75) is 38.0 Å². The standard InChI is InChI=1S/C19H20O/c1-3-10-18-16(7-1)13-14-6-5-8-15(12-14)17-9-2-4-11-19(17)20-18/h1-4,7,9-11,14-15H,5-6,8,12-13H2. The molecule has 0 saturated heterocycles. The number of rotatable bonds is 0. The molecule has 2 aliphatic rings. The van der Waals surface area contributed by atoms with Crippen LogP contribution in [0.1, 0.15) is 42.7 Å². The number of hydrogen-bond acceptors (Lipinski definition) is 1. The van der Waals surface area contributed by atoms with Crippen LogP contribution < -0.4 is 4.74 Å². The summed E-state index contributed by atoms with van der Waals surface area (Å²) in [5.74, 6) is 3.60. The average molecular weight is 264 g/mol. The second kappa shape index (κ2) is 4.97. The Hall–Kier alpha value is -1.76. The molecule has 20 heavy (non-hydrogen) atoms. The SMILES string of the molecule is c1ccc2c(c1)CC1CCCC(C1)c1ccccc1O2. The Labute approximate surface area is 120 Å². The van der Waals surface area contributed by atoms with Gasteiger partial charge in [0.1, 0.15) is 11.5 Å². The Kier molecular flexibility index (Phi) is 2.99. The Morgan fingerprint density at radius 2 is 1.65 bits per heavy atom. The number of ether oxygens (including phenoxy) is 1. The lowest BCUT2D eigenvalue weighted by molar-refractivity contribution is 0.321. The van der Waals surface area contributed by atoms with E-state index in [0.717, 1.165) is 17.4 Å². The fourth-order valence-electron chi connectivity index (χ4n) is 3.87. The van der Waals surface area contributed by atoms with Crippen molar-refractivity contribution in [3.05, 3.63) is 59.7 Å². The molecule has 2 aromatic carbocycles. The molecule has 0 amide bonds. The lowest BCUT2D eigenvalue weighted by Crippen LogP contribution is -2.15. The third kappa shape index (κ3) is 2.11. The number of benzene rings is 2. The summed E-state index contributed by atoms with van der Waals surface area (Å²) in [5, 5.41) is 0. The average Bonchev–Trinajstić information content (AvgIpc) is 2.53. The van der Waals surface area contributed by atoms with Gasteiger partial charge in [0.2, 0.25) is 0 Å². The quantitative estimate of drug-likeness (QED) is 0.626. The third-order valence-corrected chi connectivity index (χ3v) is 4.84. The molecular formula is C19H20O. The molecule has 1 heterocycles. The molecule has 2 bridgehead atoms. The van der Waals surface area contributed by atoms with Crippen LogP contribution in [0.5, 0.6) is 11.5 Å². The van der Waals surface area contributed by atoms with Crippen molar-refractivity contribution >= 4 is 0 Å². The summed E-state index contributed by atoms with van der Waals surface area (Å²) in [6, 6.07) is 17.2. The van der Waals surface area contributed by atoms with E-state index in [9.17, 15) is 0 Å². The molecule has 1 fully saturated rings. The van der Waals surface area contributed by atoms with E-state index in [-0.39, 0.29) is 0 Å². The molecule has 1 aliphatic carbocycles. The van der Waals surface area contributed by atoms with Gasteiger partial charge in [-0.1, -0.05) is 49.2 Å². The van der Waals surface area contributed by atoms with Gasteiger partial charge < -0.3 is 4.74 Å². The van der Waals surface area contributed by atoms with Gasteiger partial charge >= 0.3 is 0 Å². The summed E-state index contributed by atoms with van der Waals surface area (Å²) >= 11 is 0. The Morgan fingerprint density at radius 1 is 0.850 bits per heavy atom. The fourth-order valence-corrected chi connectivity index (χ4v) is 3.87. The van der Waals surface area contributed by atoms with Crippen LogP contribution in [0.3, 0.4) is 0 Å². The molecule has 1 nitrogen and oxygen atoms in total. The van der Waals surface area contributed by atoms with E-state index in [4.69, 9.17) is 4.74 Å². The van der Waals surface area contributed by atoms with Crippen LogP contribution in [0.25, 0.3) is 0 Å². The zero-order valence-corrected chi connectivity index (χ0v) is 11.7. The molecule has 0 radical (unpaired) electrons. The first-order chi connectivity index (χ1) is 9.90. The topological polar surface area (TPSA) is 9.23 Å². The summed E-state index contributed by atoms with van der Waals surface area (Å²) in [5.41, 5.74) is 2.78. The summed E-state index contributed by atoms with van der Waals surface area (Å²) in [6.07, 6.45) is 6.52. The fraction of sp³-hybridized carbons (Fsp3) is 0.368. The molecule has 2 unspecified atom stereocenters. The molecule has 2 aromatic rings. The minimum atomic E-state index is 0.680. The van der Waals surface area contributed by atoms with Gasteiger partial charge in [-0.15, -0.1) is 0 Å². The predicted molar refractivity (Wildman–Crippen MR) is 81.4 cm³/mol.